The maximum Gasteiger partial charge on any atom is 0.251 e. The maximum atomic E-state index is 12.5. The first kappa shape index (κ1) is 15.3. The van der Waals surface area contributed by atoms with Gasteiger partial charge in [0.05, 0.1) is 5.54 Å². The van der Waals surface area contributed by atoms with E-state index in [-0.39, 0.29) is 11.4 Å². The fourth-order valence-corrected chi connectivity index (χ4v) is 3.13. The normalized spacial score (nSPS) is 15.9. The minimum atomic E-state index is -0.218. The van der Waals surface area contributed by atoms with Gasteiger partial charge in [-0.2, -0.15) is 0 Å². The van der Waals surface area contributed by atoms with Gasteiger partial charge in [0, 0.05) is 16.6 Å². The molecule has 0 aromatic heterocycles. The van der Waals surface area contributed by atoms with Crippen molar-refractivity contribution in [3.05, 3.63) is 69.7 Å². The number of benzene rings is 2. The van der Waals surface area contributed by atoms with Crippen molar-refractivity contribution in [2.45, 2.75) is 31.3 Å². The summed E-state index contributed by atoms with van der Waals surface area (Å²) in [6.45, 7) is 0.491. The molecule has 22 heavy (non-hydrogen) atoms. The molecule has 0 unspecified atom stereocenters. The molecule has 0 atom stereocenters. The van der Waals surface area contributed by atoms with Crippen LogP contribution in [0.1, 0.15) is 40.7 Å². The second-order valence-electron chi connectivity index (χ2n) is 5.80. The molecule has 0 spiro atoms. The van der Waals surface area contributed by atoms with Gasteiger partial charge in [0.1, 0.15) is 0 Å². The molecular formula is C18H19BrN2O. The van der Waals surface area contributed by atoms with Crippen LogP contribution in [-0.2, 0) is 12.1 Å². The summed E-state index contributed by atoms with van der Waals surface area (Å²) in [5.41, 5.74) is 8.26. The van der Waals surface area contributed by atoms with Crippen molar-refractivity contribution in [2.75, 3.05) is 0 Å². The molecule has 1 aliphatic carbocycles. The molecule has 1 aliphatic rings. The Morgan fingerprint density at radius 2 is 1.73 bits per heavy atom. The van der Waals surface area contributed by atoms with Gasteiger partial charge in [-0.25, -0.2) is 0 Å². The van der Waals surface area contributed by atoms with Gasteiger partial charge in [-0.1, -0.05) is 40.2 Å². The van der Waals surface area contributed by atoms with Crippen LogP contribution >= 0.6 is 15.9 Å². The Bertz CT molecular complexity index is 660. The molecule has 2 aromatic carbocycles. The van der Waals surface area contributed by atoms with E-state index in [0.29, 0.717) is 12.1 Å². The fourth-order valence-electron chi connectivity index (χ4n) is 2.87. The van der Waals surface area contributed by atoms with E-state index in [2.05, 4.69) is 33.4 Å². The minimum absolute atomic E-state index is 0.0220. The van der Waals surface area contributed by atoms with Crippen LogP contribution in [-0.4, -0.2) is 5.91 Å². The van der Waals surface area contributed by atoms with Crippen LogP contribution in [0.3, 0.4) is 0 Å². The Labute approximate surface area is 139 Å². The molecule has 0 saturated heterocycles. The molecule has 3 rings (SSSR count). The molecule has 114 valence electrons. The summed E-state index contributed by atoms with van der Waals surface area (Å²) in [6.07, 6.45) is 3.12. The van der Waals surface area contributed by atoms with E-state index in [9.17, 15) is 4.79 Å². The van der Waals surface area contributed by atoms with Crippen LogP contribution in [0.5, 0.6) is 0 Å². The first-order valence-electron chi connectivity index (χ1n) is 7.50. The molecule has 0 aliphatic heterocycles. The number of nitrogens with one attached hydrogen (secondary N) is 1. The predicted molar refractivity (Wildman–Crippen MR) is 91.5 cm³/mol. The SMILES string of the molecule is NCc1ccc(C(=O)NC2(c3ccc(Br)cc3)CCC2)cc1. The number of nitrogens with two attached hydrogens (primary N) is 1. The van der Waals surface area contributed by atoms with E-state index in [4.69, 9.17) is 5.73 Å². The summed E-state index contributed by atoms with van der Waals surface area (Å²) in [6, 6.07) is 15.7. The number of halogens is 1. The standard InChI is InChI=1S/C18H19BrN2O/c19-16-8-6-15(7-9-16)18(10-1-11-18)21-17(22)14-4-2-13(12-20)3-5-14/h2-9H,1,10-12,20H2,(H,21,22). The third-order valence-corrected chi connectivity index (χ3v) is 4.94. The quantitative estimate of drug-likeness (QED) is 0.874. The fraction of sp³-hybridized carbons (Fsp3) is 0.278. The van der Waals surface area contributed by atoms with Gasteiger partial charge >= 0.3 is 0 Å². The number of hydrogen-bond acceptors (Lipinski definition) is 2. The van der Waals surface area contributed by atoms with E-state index < -0.39 is 0 Å². The minimum Gasteiger partial charge on any atom is -0.343 e. The molecular weight excluding hydrogens is 340 g/mol. The van der Waals surface area contributed by atoms with Crippen LogP contribution in [0, 0.1) is 0 Å². The summed E-state index contributed by atoms with van der Waals surface area (Å²) in [5, 5.41) is 3.23. The Balaban J connectivity index is 1.79. The van der Waals surface area contributed by atoms with Gasteiger partial charge in [0.25, 0.3) is 5.91 Å². The summed E-state index contributed by atoms with van der Waals surface area (Å²) in [4.78, 5) is 12.5. The molecule has 0 bridgehead atoms. The largest absolute Gasteiger partial charge is 0.343 e. The first-order chi connectivity index (χ1) is 10.6. The summed E-state index contributed by atoms with van der Waals surface area (Å²) in [5.74, 6) is -0.0220. The van der Waals surface area contributed by atoms with Crippen molar-refractivity contribution in [1.29, 1.82) is 0 Å². The van der Waals surface area contributed by atoms with Crippen LogP contribution in [0.4, 0.5) is 0 Å². The van der Waals surface area contributed by atoms with Crippen molar-refractivity contribution >= 4 is 21.8 Å². The monoisotopic (exact) mass is 358 g/mol. The Morgan fingerprint density at radius 1 is 1.09 bits per heavy atom. The molecule has 2 aromatic rings. The molecule has 1 amide bonds. The topological polar surface area (TPSA) is 55.1 Å². The van der Waals surface area contributed by atoms with Crippen molar-refractivity contribution < 1.29 is 4.79 Å². The van der Waals surface area contributed by atoms with E-state index in [0.717, 1.165) is 29.3 Å². The summed E-state index contributed by atoms with van der Waals surface area (Å²) in [7, 11) is 0. The van der Waals surface area contributed by atoms with Crippen LogP contribution in [0.15, 0.2) is 53.0 Å². The van der Waals surface area contributed by atoms with E-state index in [1.165, 1.54) is 5.56 Å². The summed E-state index contributed by atoms with van der Waals surface area (Å²) >= 11 is 3.46. The Morgan fingerprint density at radius 3 is 2.23 bits per heavy atom. The van der Waals surface area contributed by atoms with Crippen molar-refractivity contribution in [1.82, 2.24) is 5.32 Å². The highest BCUT2D eigenvalue weighted by Crippen LogP contribution is 2.41. The lowest BCUT2D eigenvalue weighted by Crippen LogP contribution is -2.50. The molecule has 4 heteroatoms. The first-order valence-corrected chi connectivity index (χ1v) is 8.30. The van der Waals surface area contributed by atoms with Gasteiger partial charge < -0.3 is 11.1 Å². The smallest absolute Gasteiger partial charge is 0.251 e. The molecule has 3 nitrogen and oxygen atoms in total. The van der Waals surface area contributed by atoms with Gasteiger partial charge in [-0.3, -0.25) is 4.79 Å². The highest BCUT2D eigenvalue weighted by Gasteiger charge is 2.40. The zero-order chi connectivity index (χ0) is 15.6. The molecule has 0 radical (unpaired) electrons. The average molecular weight is 359 g/mol. The van der Waals surface area contributed by atoms with Gasteiger partial charge in [-0.05, 0) is 54.7 Å². The lowest BCUT2D eigenvalue weighted by Gasteiger charge is -2.43. The molecule has 1 saturated carbocycles. The highest BCUT2D eigenvalue weighted by atomic mass is 79.9. The lowest BCUT2D eigenvalue weighted by atomic mass is 9.71. The van der Waals surface area contributed by atoms with E-state index in [1.807, 2.05) is 36.4 Å². The Hall–Kier alpha value is -1.65. The Kier molecular flexibility index (Phi) is 4.32. The maximum absolute atomic E-state index is 12.5. The molecule has 0 heterocycles. The number of carbonyl (C=O) groups excluding carboxylic acids is 1. The second kappa shape index (κ2) is 6.23. The number of amides is 1. The highest BCUT2D eigenvalue weighted by molar-refractivity contribution is 9.10. The van der Waals surface area contributed by atoms with E-state index in [1.54, 1.807) is 0 Å². The van der Waals surface area contributed by atoms with Gasteiger partial charge in [0.2, 0.25) is 0 Å². The van der Waals surface area contributed by atoms with Crippen molar-refractivity contribution in [2.24, 2.45) is 5.73 Å². The third-order valence-electron chi connectivity index (χ3n) is 4.41. The number of rotatable bonds is 4. The molecule has 1 fully saturated rings. The van der Waals surface area contributed by atoms with Crippen molar-refractivity contribution in [3.63, 3.8) is 0 Å². The van der Waals surface area contributed by atoms with Gasteiger partial charge in [0.15, 0.2) is 0 Å². The number of hydrogen-bond donors (Lipinski definition) is 2. The van der Waals surface area contributed by atoms with Crippen LogP contribution < -0.4 is 11.1 Å². The number of carbonyl (C=O) groups is 1. The van der Waals surface area contributed by atoms with Crippen LogP contribution in [0.25, 0.3) is 0 Å². The van der Waals surface area contributed by atoms with Gasteiger partial charge in [-0.15, -0.1) is 0 Å². The van der Waals surface area contributed by atoms with Crippen molar-refractivity contribution in [3.8, 4) is 0 Å². The second-order valence-corrected chi connectivity index (χ2v) is 6.71. The predicted octanol–water partition coefficient (Wildman–Crippen LogP) is 3.72. The zero-order valence-electron chi connectivity index (χ0n) is 12.3. The molecule has 3 N–H and O–H groups in total. The lowest BCUT2D eigenvalue weighted by molar-refractivity contribution is 0.0823. The van der Waals surface area contributed by atoms with E-state index >= 15 is 0 Å². The zero-order valence-corrected chi connectivity index (χ0v) is 13.9. The van der Waals surface area contributed by atoms with Crippen LogP contribution in [0.2, 0.25) is 0 Å². The average Bonchev–Trinajstić information content (AvgIpc) is 2.52. The third kappa shape index (κ3) is 2.94. The summed E-state index contributed by atoms with van der Waals surface area (Å²) < 4.78 is 1.05.